The number of hydrogen-bond acceptors (Lipinski definition) is 4. The summed E-state index contributed by atoms with van der Waals surface area (Å²) < 4.78 is 13.9. The predicted molar refractivity (Wildman–Crippen MR) is 241 cm³/mol. The average Bonchev–Trinajstić information content (AvgIpc) is 4.01. The molecule has 8 aromatic carbocycles. The fourth-order valence-corrected chi connectivity index (χ4v) is 11.1. The third-order valence-electron chi connectivity index (χ3n) is 12.3. The number of benzene rings is 8. The van der Waals surface area contributed by atoms with Crippen LogP contribution in [0.25, 0.3) is 131 Å². The third kappa shape index (κ3) is 3.85. The number of aromatic nitrogens is 4. The van der Waals surface area contributed by atoms with Gasteiger partial charge in [0.1, 0.15) is 16.8 Å². The first-order chi connectivity index (χ1) is 28.8. The highest BCUT2D eigenvalue weighted by atomic mass is 32.1. The van der Waals surface area contributed by atoms with E-state index in [1.54, 1.807) is 11.3 Å². The monoisotopic (exact) mass is 756 g/mol. The molecule has 13 aromatic rings. The smallest absolute Gasteiger partial charge is 0.236 e. The minimum Gasteiger partial charge on any atom is -0.452 e. The Kier molecular flexibility index (Phi) is 5.85. The van der Waals surface area contributed by atoms with Crippen LogP contribution in [0.1, 0.15) is 0 Å². The minimum absolute atomic E-state index is 0.610. The van der Waals surface area contributed by atoms with Crippen molar-refractivity contribution in [1.82, 2.24) is 19.1 Å². The first-order valence-electron chi connectivity index (χ1n) is 19.6. The average molecular weight is 757 g/mol. The van der Waals surface area contributed by atoms with Crippen LogP contribution in [0.5, 0.6) is 0 Å². The molecule has 0 saturated heterocycles. The van der Waals surface area contributed by atoms with Crippen molar-refractivity contribution in [2.45, 2.75) is 0 Å². The molecule has 5 nitrogen and oxygen atoms in total. The number of nitrogens with zero attached hydrogens (tertiary/aromatic N) is 4. The molecule has 0 aliphatic carbocycles. The van der Waals surface area contributed by atoms with E-state index in [2.05, 4.69) is 167 Å². The predicted octanol–water partition coefficient (Wildman–Crippen LogP) is 14.3. The molecule has 6 heteroatoms. The highest BCUT2D eigenvalue weighted by Crippen LogP contribution is 2.52. The van der Waals surface area contributed by atoms with Crippen molar-refractivity contribution >= 4 is 97.2 Å². The molecule has 0 spiro atoms. The standard InChI is InChI=1S/C52H28N4OS/c1-2-18-33-29(14-1)30-15-3-8-23-39(30)55-40-24-9-4-16-31(40)38-28-42-45(46(33)49(38)55)35-19-5-10-25-41(35)56(42)52-53-47-36-20-6-11-26-43(36)57-50(47)48(54-52)37-22-13-21-34-32-17-7-12-27-44(32)58-51(34)37/h1-28H. The maximum Gasteiger partial charge on any atom is 0.236 e. The summed E-state index contributed by atoms with van der Waals surface area (Å²) in [7, 11) is 0. The van der Waals surface area contributed by atoms with Gasteiger partial charge in [-0.05, 0) is 53.6 Å². The number of para-hydroxylation sites is 4. The second kappa shape index (κ2) is 11.1. The van der Waals surface area contributed by atoms with E-state index in [0.29, 0.717) is 11.5 Å². The molecule has 0 atom stereocenters. The molecule has 0 saturated carbocycles. The highest BCUT2D eigenvalue weighted by Gasteiger charge is 2.30. The zero-order chi connectivity index (χ0) is 37.6. The Bertz CT molecular complexity index is 3940. The molecule has 1 aliphatic rings. The zero-order valence-electron chi connectivity index (χ0n) is 30.8. The van der Waals surface area contributed by atoms with E-state index in [9.17, 15) is 0 Å². The summed E-state index contributed by atoms with van der Waals surface area (Å²) in [6.07, 6.45) is 0. The van der Waals surface area contributed by atoms with Gasteiger partial charge >= 0.3 is 0 Å². The van der Waals surface area contributed by atoms with Gasteiger partial charge in [0.2, 0.25) is 5.95 Å². The summed E-state index contributed by atoms with van der Waals surface area (Å²) in [5.41, 5.74) is 14.7. The number of rotatable bonds is 2. The Labute approximate surface area is 334 Å². The van der Waals surface area contributed by atoms with Gasteiger partial charge in [-0.2, -0.15) is 0 Å². The molecule has 5 aromatic heterocycles. The molecule has 6 heterocycles. The normalized spacial score (nSPS) is 12.5. The maximum atomic E-state index is 6.71. The van der Waals surface area contributed by atoms with Gasteiger partial charge in [-0.15, -0.1) is 11.3 Å². The summed E-state index contributed by atoms with van der Waals surface area (Å²) in [5, 5.41) is 8.17. The van der Waals surface area contributed by atoms with Gasteiger partial charge in [-0.1, -0.05) is 127 Å². The van der Waals surface area contributed by atoms with Crippen molar-refractivity contribution in [2.24, 2.45) is 0 Å². The summed E-state index contributed by atoms with van der Waals surface area (Å²) in [6, 6.07) is 61.1. The number of furan rings is 1. The fraction of sp³-hybridized carbons (Fsp3) is 0. The molecule has 0 unspecified atom stereocenters. The van der Waals surface area contributed by atoms with E-state index < -0.39 is 0 Å². The number of fused-ring (bicyclic) bond motifs is 18. The lowest BCUT2D eigenvalue weighted by atomic mass is 9.91. The number of hydrogen-bond donors (Lipinski definition) is 0. The van der Waals surface area contributed by atoms with E-state index in [1.165, 1.54) is 75.3 Å². The van der Waals surface area contributed by atoms with Gasteiger partial charge < -0.3 is 8.98 Å². The molecule has 0 N–H and O–H groups in total. The lowest BCUT2D eigenvalue weighted by molar-refractivity contribution is 0.666. The van der Waals surface area contributed by atoms with Gasteiger partial charge in [0.25, 0.3) is 0 Å². The van der Waals surface area contributed by atoms with E-state index in [4.69, 9.17) is 14.4 Å². The SMILES string of the molecule is c1ccc2c(c1)-c1ccccc1-n1c3ccccc3c3cc4c(c-2c31)c1ccccc1n4-c1nc(-c2cccc3c2sc2ccccc23)c2oc3ccccc3c2n1. The van der Waals surface area contributed by atoms with Gasteiger partial charge in [-0.25, -0.2) is 9.97 Å². The summed E-state index contributed by atoms with van der Waals surface area (Å²) in [4.78, 5) is 11.1. The van der Waals surface area contributed by atoms with E-state index >= 15 is 0 Å². The Morgan fingerprint density at radius 3 is 2.00 bits per heavy atom. The van der Waals surface area contributed by atoms with Crippen molar-refractivity contribution in [3.05, 3.63) is 170 Å². The van der Waals surface area contributed by atoms with Crippen LogP contribution in [0, 0.1) is 0 Å². The van der Waals surface area contributed by atoms with Gasteiger partial charge in [0.05, 0.1) is 27.8 Å². The van der Waals surface area contributed by atoms with E-state index in [0.717, 1.165) is 44.2 Å². The molecule has 0 radical (unpaired) electrons. The summed E-state index contributed by atoms with van der Waals surface area (Å²) >= 11 is 1.80. The van der Waals surface area contributed by atoms with Gasteiger partial charge in [0, 0.05) is 63.8 Å². The van der Waals surface area contributed by atoms with Crippen LogP contribution in [0.15, 0.2) is 174 Å². The van der Waals surface area contributed by atoms with Crippen LogP contribution >= 0.6 is 11.3 Å². The fourth-order valence-electron chi connectivity index (χ4n) is 9.93. The third-order valence-corrected chi connectivity index (χ3v) is 13.5. The molecular weight excluding hydrogens is 729 g/mol. The van der Waals surface area contributed by atoms with Crippen LogP contribution in [-0.4, -0.2) is 19.1 Å². The second-order valence-electron chi connectivity index (χ2n) is 15.2. The number of thiophene rings is 1. The van der Waals surface area contributed by atoms with Crippen molar-refractivity contribution in [2.75, 3.05) is 0 Å². The molecule has 1 aliphatic heterocycles. The lowest BCUT2D eigenvalue weighted by Gasteiger charge is -2.12. The van der Waals surface area contributed by atoms with Crippen molar-refractivity contribution in [3.8, 4) is 45.1 Å². The largest absolute Gasteiger partial charge is 0.452 e. The summed E-state index contributed by atoms with van der Waals surface area (Å²) in [5.74, 6) is 0.610. The van der Waals surface area contributed by atoms with Crippen molar-refractivity contribution in [3.63, 3.8) is 0 Å². The molecule has 268 valence electrons. The van der Waals surface area contributed by atoms with Crippen LogP contribution in [0.4, 0.5) is 0 Å². The van der Waals surface area contributed by atoms with E-state index in [-0.39, 0.29) is 0 Å². The Morgan fingerprint density at radius 1 is 0.466 bits per heavy atom. The molecule has 58 heavy (non-hydrogen) atoms. The first-order valence-corrected chi connectivity index (χ1v) is 20.4. The highest BCUT2D eigenvalue weighted by molar-refractivity contribution is 7.26. The second-order valence-corrected chi connectivity index (χ2v) is 16.3. The minimum atomic E-state index is 0.610. The Morgan fingerprint density at radius 2 is 1.12 bits per heavy atom. The molecule has 0 amide bonds. The Balaban J connectivity index is 1.18. The van der Waals surface area contributed by atoms with Crippen LogP contribution in [0.2, 0.25) is 0 Å². The zero-order valence-corrected chi connectivity index (χ0v) is 31.6. The van der Waals surface area contributed by atoms with Crippen LogP contribution in [0.3, 0.4) is 0 Å². The summed E-state index contributed by atoms with van der Waals surface area (Å²) in [6.45, 7) is 0. The maximum absolute atomic E-state index is 6.71. The molecular formula is C52H28N4OS. The molecule has 0 fully saturated rings. The quantitative estimate of drug-likeness (QED) is 0.176. The Hall–Kier alpha value is -7.54. The topological polar surface area (TPSA) is 48.8 Å². The van der Waals surface area contributed by atoms with E-state index in [1.807, 2.05) is 12.1 Å². The van der Waals surface area contributed by atoms with Gasteiger partial charge in [0.15, 0.2) is 5.58 Å². The van der Waals surface area contributed by atoms with Crippen LogP contribution < -0.4 is 0 Å². The molecule has 14 rings (SSSR count). The van der Waals surface area contributed by atoms with Gasteiger partial charge in [-0.3, -0.25) is 4.57 Å². The first kappa shape index (κ1) is 30.7. The van der Waals surface area contributed by atoms with Crippen molar-refractivity contribution in [1.29, 1.82) is 0 Å². The molecule has 0 bridgehead atoms. The lowest BCUT2D eigenvalue weighted by Crippen LogP contribution is -2.03. The van der Waals surface area contributed by atoms with Crippen LogP contribution in [-0.2, 0) is 0 Å². The van der Waals surface area contributed by atoms with Crippen molar-refractivity contribution < 1.29 is 4.42 Å².